The van der Waals surface area contributed by atoms with Crippen LogP contribution in [0.3, 0.4) is 0 Å². The zero-order valence-corrected chi connectivity index (χ0v) is 17.8. The van der Waals surface area contributed by atoms with Crippen LogP contribution in [-0.4, -0.2) is 74.1 Å². The van der Waals surface area contributed by atoms with Gasteiger partial charge in [0, 0.05) is 26.2 Å². The lowest BCUT2D eigenvalue weighted by atomic mass is 10.1. The molecule has 1 aliphatic heterocycles. The summed E-state index contributed by atoms with van der Waals surface area (Å²) in [5.41, 5.74) is 1.45. The Bertz CT molecular complexity index is 1050. The number of anilines is 1. The molecule has 0 bridgehead atoms. The van der Waals surface area contributed by atoms with E-state index in [1.54, 1.807) is 53.1 Å². The van der Waals surface area contributed by atoms with Crippen LogP contribution in [0.15, 0.2) is 48.5 Å². The van der Waals surface area contributed by atoms with Crippen molar-refractivity contribution < 1.29 is 23.1 Å². The van der Waals surface area contributed by atoms with Crippen molar-refractivity contribution >= 4 is 27.5 Å². The fraction of sp³-hybridized carbons (Fsp3) is 0.333. The number of carbonyl (C=O) groups excluding carboxylic acids is 2. The smallest absolute Gasteiger partial charge is 0.257 e. The van der Waals surface area contributed by atoms with Crippen molar-refractivity contribution in [1.82, 2.24) is 9.80 Å². The Labute approximate surface area is 176 Å². The highest BCUT2D eigenvalue weighted by molar-refractivity contribution is 7.92. The minimum atomic E-state index is -3.65. The van der Waals surface area contributed by atoms with Crippen LogP contribution in [0.4, 0.5) is 5.69 Å². The molecule has 0 spiro atoms. The Morgan fingerprint density at radius 2 is 1.53 bits per heavy atom. The van der Waals surface area contributed by atoms with Gasteiger partial charge in [0.2, 0.25) is 15.9 Å². The molecule has 8 nitrogen and oxygen atoms in total. The standard InChI is InChI=1S/C21H25N3O5S/c1-16-7-3-5-9-18(16)24(30(2,28)29)15-20(26)22-11-13-23(14-12-22)21(27)17-8-4-6-10-19(17)25/h3-10,25H,11-15H2,1-2H3. The summed E-state index contributed by atoms with van der Waals surface area (Å²) in [7, 11) is -3.65. The first kappa shape index (κ1) is 21.6. The monoisotopic (exact) mass is 431 g/mol. The number of carbonyl (C=O) groups is 2. The summed E-state index contributed by atoms with van der Waals surface area (Å²) in [4.78, 5) is 28.6. The van der Waals surface area contributed by atoms with Crippen LogP contribution in [-0.2, 0) is 14.8 Å². The minimum Gasteiger partial charge on any atom is -0.507 e. The van der Waals surface area contributed by atoms with Gasteiger partial charge in [0.25, 0.3) is 5.91 Å². The Kier molecular flexibility index (Phi) is 6.31. The highest BCUT2D eigenvalue weighted by atomic mass is 32.2. The quantitative estimate of drug-likeness (QED) is 0.773. The molecule has 3 rings (SSSR count). The maximum absolute atomic E-state index is 12.8. The van der Waals surface area contributed by atoms with Gasteiger partial charge in [0.15, 0.2) is 0 Å². The number of amides is 2. The summed E-state index contributed by atoms with van der Waals surface area (Å²) in [5.74, 6) is -0.695. The van der Waals surface area contributed by atoms with Crippen molar-refractivity contribution in [2.24, 2.45) is 0 Å². The van der Waals surface area contributed by atoms with E-state index in [1.807, 2.05) is 6.07 Å². The molecule has 1 heterocycles. The first-order valence-corrected chi connectivity index (χ1v) is 11.4. The van der Waals surface area contributed by atoms with Gasteiger partial charge in [-0.15, -0.1) is 0 Å². The van der Waals surface area contributed by atoms with Crippen LogP contribution in [0.2, 0.25) is 0 Å². The van der Waals surface area contributed by atoms with Crippen LogP contribution in [0, 0.1) is 6.92 Å². The van der Waals surface area contributed by atoms with E-state index in [2.05, 4.69) is 0 Å². The van der Waals surface area contributed by atoms with E-state index in [-0.39, 0.29) is 29.7 Å². The number of para-hydroxylation sites is 2. The molecular formula is C21H25N3O5S. The third kappa shape index (κ3) is 4.73. The number of rotatable bonds is 5. The number of sulfonamides is 1. The highest BCUT2D eigenvalue weighted by Crippen LogP contribution is 2.23. The van der Waals surface area contributed by atoms with E-state index in [1.165, 1.54) is 6.07 Å². The fourth-order valence-corrected chi connectivity index (χ4v) is 4.34. The van der Waals surface area contributed by atoms with Gasteiger partial charge in [-0.25, -0.2) is 8.42 Å². The van der Waals surface area contributed by atoms with Crippen LogP contribution in [0.25, 0.3) is 0 Å². The number of aromatic hydroxyl groups is 1. The predicted octanol–water partition coefficient (Wildman–Crippen LogP) is 1.45. The third-order valence-electron chi connectivity index (χ3n) is 5.12. The second-order valence-electron chi connectivity index (χ2n) is 7.25. The predicted molar refractivity (Wildman–Crippen MR) is 114 cm³/mol. The van der Waals surface area contributed by atoms with Gasteiger partial charge in [-0.1, -0.05) is 30.3 Å². The zero-order valence-electron chi connectivity index (χ0n) is 17.0. The summed E-state index contributed by atoms with van der Waals surface area (Å²) in [6.07, 6.45) is 1.08. The number of hydrogen-bond acceptors (Lipinski definition) is 5. The first-order valence-electron chi connectivity index (χ1n) is 9.57. The summed E-state index contributed by atoms with van der Waals surface area (Å²) in [5, 5.41) is 9.88. The molecule has 9 heteroatoms. The lowest BCUT2D eigenvalue weighted by Gasteiger charge is -2.36. The molecule has 30 heavy (non-hydrogen) atoms. The van der Waals surface area contributed by atoms with Gasteiger partial charge in [0.1, 0.15) is 12.3 Å². The number of phenolic OH excluding ortho intramolecular Hbond substituents is 1. The molecule has 2 amide bonds. The lowest BCUT2D eigenvalue weighted by Crippen LogP contribution is -2.53. The van der Waals surface area contributed by atoms with E-state index in [0.29, 0.717) is 31.9 Å². The van der Waals surface area contributed by atoms with Crippen LogP contribution in [0.1, 0.15) is 15.9 Å². The maximum atomic E-state index is 12.8. The molecule has 0 atom stereocenters. The molecule has 2 aromatic rings. The second-order valence-corrected chi connectivity index (χ2v) is 9.15. The van der Waals surface area contributed by atoms with E-state index in [0.717, 1.165) is 16.1 Å². The van der Waals surface area contributed by atoms with Gasteiger partial charge in [-0.2, -0.15) is 0 Å². The van der Waals surface area contributed by atoms with Crippen molar-refractivity contribution in [3.63, 3.8) is 0 Å². The first-order chi connectivity index (χ1) is 14.2. The molecule has 1 fully saturated rings. The number of aryl methyl sites for hydroxylation is 1. The van der Waals surface area contributed by atoms with Gasteiger partial charge in [-0.05, 0) is 30.7 Å². The molecule has 0 aliphatic carbocycles. The number of phenols is 1. The SMILES string of the molecule is Cc1ccccc1N(CC(=O)N1CCN(C(=O)c2ccccc2O)CC1)S(C)(=O)=O. The second kappa shape index (κ2) is 8.74. The summed E-state index contributed by atoms with van der Waals surface area (Å²) in [6, 6.07) is 13.3. The molecule has 1 saturated heterocycles. The Hall–Kier alpha value is -3.07. The van der Waals surface area contributed by atoms with Gasteiger partial charge in [-0.3, -0.25) is 13.9 Å². The molecule has 0 aromatic heterocycles. The van der Waals surface area contributed by atoms with E-state index in [4.69, 9.17) is 0 Å². The van der Waals surface area contributed by atoms with Gasteiger partial charge >= 0.3 is 0 Å². The van der Waals surface area contributed by atoms with Crippen molar-refractivity contribution in [3.05, 3.63) is 59.7 Å². The molecule has 1 N–H and O–H groups in total. The van der Waals surface area contributed by atoms with Crippen LogP contribution in [0.5, 0.6) is 5.75 Å². The summed E-state index contributed by atoms with van der Waals surface area (Å²) >= 11 is 0. The molecule has 2 aromatic carbocycles. The topological polar surface area (TPSA) is 98.2 Å². The Morgan fingerprint density at radius 1 is 0.967 bits per heavy atom. The normalized spacial score (nSPS) is 14.5. The lowest BCUT2D eigenvalue weighted by molar-refractivity contribution is -0.131. The average molecular weight is 432 g/mol. The molecule has 160 valence electrons. The number of piperazine rings is 1. The third-order valence-corrected chi connectivity index (χ3v) is 6.24. The molecule has 1 aliphatic rings. The summed E-state index contributed by atoms with van der Waals surface area (Å²) < 4.78 is 25.7. The minimum absolute atomic E-state index is 0.0805. The van der Waals surface area contributed by atoms with E-state index < -0.39 is 10.0 Å². The highest BCUT2D eigenvalue weighted by Gasteiger charge is 2.29. The maximum Gasteiger partial charge on any atom is 0.257 e. The van der Waals surface area contributed by atoms with E-state index in [9.17, 15) is 23.1 Å². The number of benzene rings is 2. The summed E-state index contributed by atoms with van der Waals surface area (Å²) in [6.45, 7) is 2.70. The number of hydrogen-bond donors (Lipinski definition) is 1. The molecule has 0 unspecified atom stereocenters. The molecule has 0 saturated carbocycles. The zero-order chi connectivity index (χ0) is 21.9. The van der Waals surface area contributed by atoms with Crippen molar-refractivity contribution in [2.45, 2.75) is 6.92 Å². The fourth-order valence-electron chi connectivity index (χ4n) is 3.43. The van der Waals surface area contributed by atoms with Crippen molar-refractivity contribution in [2.75, 3.05) is 43.3 Å². The number of nitrogens with zero attached hydrogens (tertiary/aromatic N) is 3. The Morgan fingerprint density at radius 3 is 2.13 bits per heavy atom. The van der Waals surface area contributed by atoms with Crippen molar-refractivity contribution in [1.29, 1.82) is 0 Å². The average Bonchev–Trinajstić information content (AvgIpc) is 2.72. The van der Waals surface area contributed by atoms with Gasteiger partial charge < -0.3 is 14.9 Å². The van der Waals surface area contributed by atoms with Crippen molar-refractivity contribution in [3.8, 4) is 5.75 Å². The van der Waals surface area contributed by atoms with Crippen LogP contribution >= 0.6 is 0 Å². The van der Waals surface area contributed by atoms with Gasteiger partial charge in [0.05, 0.1) is 17.5 Å². The molecular weight excluding hydrogens is 406 g/mol. The molecule has 0 radical (unpaired) electrons. The largest absolute Gasteiger partial charge is 0.507 e. The Balaban J connectivity index is 1.66. The van der Waals surface area contributed by atoms with E-state index >= 15 is 0 Å². The van der Waals surface area contributed by atoms with Crippen LogP contribution < -0.4 is 4.31 Å².